The van der Waals surface area contributed by atoms with Gasteiger partial charge in [0.1, 0.15) is 23.4 Å². The monoisotopic (exact) mass is 1020 g/mol. The predicted molar refractivity (Wildman–Crippen MR) is 269 cm³/mol. The van der Waals surface area contributed by atoms with Crippen LogP contribution in [0.15, 0.2) is 123 Å². The molecule has 1 aromatic heterocycles. The molecule has 6 atom stereocenters. The average molecular weight is 1020 g/mol. The number of nitrogens with two attached hydrogens (primary N) is 9. The van der Waals surface area contributed by atoms with Gasteiger partial charge in [0.25, 0.3) is 29.5 Å². The number of hydrogen-bond acceptors (Lipinski definition) is 16. The standard InChI is InChI=1S/C44H53N21O9/c1-74-23-16-17-26(66)22(18-23)19-65(34-24-14-8-9-15-25(24)54-29(56-34)21-12-6-3-7-13-21)40(73)39(72)55-27(20-10-4-2-5-11-20)35(68)58-31(62-42(48)49)37(70)60-33(64-44(52)53)38(71)59-32(63-43(50)51)36(69)57-30(28(45)67)61-41(46)47/h2-18,27,30-33,40,66,73H,19H2,1H3,(H2,45,67)(H,55,72)(H,57,69)(H,58,68)(H,59,71)(H,60,70)(H4,46,47,61)(H4,48,49,62)(H4,50,51,63)(H4,52,53,64). The molecule has 30 heteroatoms. The van der Waals surface area contributed by atoms with Crippen LogP contribution in [0.5, 0.6) is 11.5 Å². The molecular weight excluding hydrogens is 967 g/mol. The molecule has 74 heavy (non-hydrogen) atoms. The minimum absolute atomic E-state index is 0.0370. The van der Waals surface area contributed by atoms with Gasteiger partial charge in [-0.25, -0.2) is 29.9 Å². The number of aliphatic imine (C=N–C) groups is 4. The lowest BCUT2D eigenvalue weighted by molar-refractivity contribution is -0.136. The van der Waals surface area contributed by atoms with Gasteiger partial charge in [0.15, 0.2) is 29.7 Å². The second-order valence-electron chi connectivity index (χ2n) is 15.4. The Bertz CT molecular complexity index is 2980. The van der Waals surface area contributed by atoms with Crippen molar-refractivity contribution in [2.24, 2.45) is 71.6 Å². The van der Waals surface area contributed by atoms with Gasteiger partial charge in [0.2, 0.25) is 36.8 Å². The molecule has 0 spiro atoms. The Morgan fingerprint density at radius 1 is 0.581 bits per heavy atom. The summed E-state index contributed by atoms with van der Waals surface area (Å²) in [5.74, 6) is -10.4. The smallest absolute Gasteiger partial charge is 0.271 e. The van der Waals surface area contributed by atoms with Crippen molar-refractivity contribution in [1.29, 1.82) is 0 Å². The summed E-state index contributed by atoms with van der Waals surface area (Å²) in [6.45, 7) is -0.379. The van der Waals surface area contributed by atoms with Gasteiger partial charge < -0.3 is 98.0 Å². The Labute approximate surface area is 419 Å². The number of anilines is 1. The SMILES string of the molecule is COc1ccc(O)c(CN(c2nc(-c3ccccc3)nc3ccccc23)C(O)C(=O)NC(C(=O)NC(N=C(N)N)C(=O)NC(N=C(N)N)C(=O)NC(N=C(N)N)C(=O)NC(N=C(N)N)C(N)=O)c2ccccc2)c1. The Morgan fingerprint density at radius 2 is 1.05 bits per heavy atom. The number of phenolic OH excluding ortho intramolecular Hbond substituents is 1. The van der Waals surface area contributed by atoms with Crippen molar-refractivity contribution in [2.45, 2.75) is 43.5 Å². The van der Waals surface area contributed by atoms with Crippen LogP contribution in [0.4, 0.5) is 5.82 Å². The van der Waals surface area contributed by atoms with Crippen LogP contribution in [-0.2, 0) is 35.3 Å². The van der Waals surface area contributed by atoms with Crippen molar-refractivity contribution in [3.63, 3.8) is 0 Å². The number of carbonyl (C=O) groups excluding carboxylic acids is 6. The molecule has 5 aromatic rings. The van der Waals surface area contributed by atoms with Crippen LogP contribution >= 0.6 is 0 Å². The van der Waals surface area contributed by atoms with E-state index in [1.165, 1.54) is 54.5 Å². The first-order valence-electron chi connectivity index (χ1n) is 21.5. The normalized spacial score (nSPS) is 13.1. The number of nitrogens with one attached hydrogen (secondary N) is 5. The van der Waals surface area contributed by atoms with Crippen molar-refractivity contribution in [1.82, 2.24) is 36.6 Å². The number of nitrogens with zero attached hydrogens (tertiary/aromatic N) is 7. The van der Waals surface area contributed by atoms with Crippen molar-refractivity contribution in [3.8, 4) is 22.9 Å². The highest BCUT2D eigenvalue weighted by molar-refractivity contribution is 5.99. The fourth-order valence-corrected chi connectivity index (χ4v) is 6.67. The zero-order chi connectivity index (χ0) is 54.2. The molecule has 388 valence electrons. The molecule has 0 saturated heterocycles. The van der Waals surface area contributed by atoms with Crippen LogP contribution in [0.25, 0.3) is 22.3 Å². The van der Waals surface area contributed by atoms with E-state index in [9.17, 15) is 39.0 Å². The van der Waals surface area contributed by atoms with Gasteiger partial charge in [-0.3, -0.25) is 28.8 Å². The van der Waals surface area contributed by atoms with Crippen LogP contribution in [0, 0.1) is 0 Å². The summed E-state index contributed by atoms with van der Waals surface area (Å²) >= 11 is 0. The van der Waals surface area contributed by atoms with E-state index in [0.717, 1.165) is 0 Å². The van der Waals surface area contributed by atoms with Crippen LogP contribution in [0.3, 0.4) is 0 Å². The maximum Gasteiger partial charge on any atom is 0.271 e. The van der Waals surface area contributed by atoms with Gasteiger partial charge in [-0.05, 0) is 35.9 Å². The molecule has 0 aliphatic heterocycles. The molecule has 1 heterocycles. The van der Waals surface area contributed by atoms with Gasteiger partial charge in [0.05, 0.1) is 19.2 Å². The number of aliphatic hydroxyl groups is 1. The maximum absolute atomic E-state index is 14.6. The molecule has 6 unspecified atom stereocenters. The molecule has 0 fully saturated rings. The average Bonchev–Trinajstić information content (AvgIpc) is 3.36. The summed E-state index contributed by atoms with van der Waals surface area (Å²) in [6.07, 6.45) is -10.5. The van der Waals surface area contributed by atoms with E-state index >= 15 is 0 Å². The van der Waals surface area contributed by atoms with Crippen molar-refractivity contribution < 1.29 is 43.7 Å². The van der Waals surface area contributed by atoms with Crippen molar-refractivity contribution in [3.05, 3.63) is 114 Å². The molecule has 5 rings (SSSR count). The Balaban J connectivity index is 1.49. The molecule has 6 amide bonds. The molecule has 0 radical (unpaired) electrons. The molecule has 0 aliphatic carbocycles. The van der Waals surface area contributed by atoms with Gasteiger partial charge in [0, 0.05) is 16.5 Å². The van der Waals surface area contributed by atoms with Gasteiger partial charge in [-0.1, -0.05) is 72.8 Å². The number of rotatable bonds is 22. The number of methoxy groups -OCH3 is 1. The highest BCUT2D eigenvalue weighted by Gasteiger charge is 2.36. The van der Waals surface area contributed by atoms with E-state index in [1.807, 2.05) is 10.6 Å². The molecule has 4 aromatic carbocycles. The first-order chi connectivity index (χ1) is 35.1. The Hall–Kier alpha value is -10.5. The first-order valence-corrected chi connectivity index (χ1v) is 21.5. The number of ether oxygens (including phenoxy) is 1. The Morgan fingerprint density at radius 3 is 1.57 bits per heavy atom. The third kappa shape index (κ3) is 14.7. The molecule has 0 saturated carbocycles. The molecule has 30 nitrogen and oxygen atoms in total. The number of aromatic hydroxyl groups is 1. The molecule has 25 N–H and O–H groups in total. The number of para-hydroxylation sites is 1. The summed E-state index contributed by atoms with van der Waals surface area (Å²) in [5.41, 5.74) is 50.5. The van der Waals surface area contributed by atoms with E-state index in [1.54, 1.807) is 60.7 Å². The number of benzene rings is 4. The number of phenols is 1. The van der Waals surface area contributed by atoms with Crippen molar-refractivity contribution in [2.75, 3.05) is 12.0 Å². The Kier molecular flexibility index (Phi) is 18.3. The van der Waals surface area contributed by atoms with E-state index in [4.69, 9.17) is 66.3 Å². The van der Waals surface area contributed by atoms with E-state index in [0.29, 0.717) is 22.2 Å². The number of amides is 6. The minimum atomic E-state index is -2.20. The van der Waals surface area contributed by atoms with Gasteiger partial charge in [-0.15, -0.1) is 0 Å². The van der Waals surface area contributed by atoms with Gasteiger partial charge in [-0.2, -0.15) is 0 Å². The van der Waals surface area contributed by atoms with E-state index in [2.05, 4.69) is 35.9 Å². The fraction of sp³-hybridized carbons (Fsp3) is 0.182. The summed E-state index contributed by atoms with van der Waals surface area (Å²) < 4.78 is 5.38. The quantitative estimate of drug-likeness (QED) is 0.0175. The minimum Gasteiger partial charge on any atom is -0.508 e. The van der Waals surface area contributed by atoms with E-state index in [-0.39, 0.29) is 35.1 Å². The second kappa shape index (κ2) is 24.9. The van der Waals surface area contributed by atoms with Gasteiger partial charge >= 0.3 is 0 Å². The lowest BCUT2D eigenvalue weighted by atomic mass is 10.1. The van der Waals surface area contributed by atoms with Crippen LogP contribution < -0.4 is 87.8 Å². The largest absolute Gasteiger partial charge is 0.508 e. The zero-order valence-corrected chi connectivity index (χ0v) is 39.1. The molecular formula is C44H53N21O9. The summed E-state index contributed by atoms with van der Waals surface area (Å²) in [4.78, 5) is 107. The predicted octanol–water partition coefficient (Wildman–Crippen LogP) is -5.46. The van der Waals surface area contributed by atoms with Crippen LogP contribution in [-0.4, -0.2) is 117 Å². The molecule has 0 aliphatic rings. The third-order valence-electron chi connectivity index (χ3n) is 9.97. The van der Waals surface area contributed by atoms with Crippen LogP contribution in [0.1, 0.15) is 17.2 Å². The third-order valence-corrected chi connectivity index (χ3v) is 9.97. The highest BCUT2D eigenvalue weighted by atomic mass is 16.5. The van der Waals surface area contributed by atoms with Crippen LogP contribution in [0.2, 0.25) is 0 Å². The number of guanidine groups is 4. The number of aliphatic hydroxyl groups excluding tert-OH is 1. The molecule has 0 bridgehead atoms. The number of primary amides is 1. The number of aromatic nitrogens is 2. The number of hydrogen-bond donors (Lipinski definition) is 16. The first kappa shape index (κ1) is 54.4. The summed E-state index contributed by atoms with van der Waals surface area (Å²) in [5, 5.41) is 34.5. The van der Waals surface area contributed by atoms with Crippen molar-refractivity contribution >= 4 is 76.0 Å². The second-order valence-corrected chi connectivity index (χ2v) is 15.4. The number of fused-ring (bicyclic) bond motifs is 1. The zero-order valence-electron chi connectivity index (χ0n) is 39.1. The number of carbonyl (C=O) groups is 6. The lowest BCUT2D eigenvalue weighted by Crippen LogP contribution is -2.58. The summed E-state index contributed by atoms with van der Waals surface area (Å²) in [6, 6.07) is 25.8. The topological polar surface area (TPSA) is 525 Å². The van der Waals surface area contributed by atoms with E-state index < -0.39 is 96.2 Å². The lowest BCUT2D eigenvalue weighted by Gasteiger charge is -2.31. The maximum atomic E-state index is 14.6. The fourth-order valence-electron chi connectivity index (χ4n) is 6.67. The highest BCUT2D eigenvalue weighted by Crippen LogP contribution is 2.32. The summed E-state index contributed by atoms with van der Waals surface area (Å²) in [7, 11) is 1.41.